The van der Waals surface area contributed by atoms with E-state index in [1.807, 2.05) is 39.0 Å². The third kappa shape index (κ3) is 4.36. The van der Waals surface area contributed by atoms with Crippen LogP contribution in [-0.4, -0.2) is 12.7 Å². The molecule has 3 nitrogen and oxygen atoms in total. The Hall–Kier alpha value is -1.69. The minimum atomic E-state index is 0.124. The topological polar surface area (TPSA) is 42.2 Å². The molecule has 0 saturated heterocycles. The largest absolute Gasteiger partial charge is 0.490 e. The quantitative estimate of drug-likeness (QED) is 0.756. The summed E-state index contributed by atoms with van der Waals surface area (Å²) in [7, 11) is 0. The van der Waals surface area contributed by atoms with Crippen LogP contribution in [0.25, 0.3) is 0 Å². The summed E-state index contributed by atoms with van der Waals surface area (Å²) in [5, 5.41) is 8.57. The fourth-order valence-electron chi connectivity index (χ4n) is 1.53. The Bertz CT molecular complexity index is 394. The predicted octanol–water partition coefficient (Wildman–Crippen LogP) is 3.33. The van der Waals surface area contributed by atoms with E-state index in [1.165, 1.54) is 0 Å². The Labute approximate surface area is 103 Å². The highest BCUT2D eigenvalue weighted by atomic mass is 16.5. The van der Waals surface area contributed by atoms with Crippen LogP contribution in [0.1, 0.15) is 32.8 Å². The molecule has 0 amide bonds. The van der Waals surface area contributed by atoms with Crippen molar-refractivity contribution < 1.29 is 9.47 Å². The molecule has 0 atom stereocenters. The predicted molar refractivity (Wildman–Crippen MR) is 67.3 cm³/mol. The third-order valence-electron chi connectivity index (χ3n) is 2.20. The number of hydrogen-bond acceptors (Lipinski definition) is 3. The molecule has 3 heteroatoms. The monoisotopic (exact) mass is 233 g/mol. The molecule has 0 aliphatic heterocycles. The minimum Gasteiger partial charge on any atom is -0.490 e. The second-order valence-corrected chi connectivity index (χ2v) is 4.04. The lowest BCUT2D eigenvalue weighted by Gasteiger charge is -2.15. The molecule has 0 aliphatic rings. The van der Waals surface area contributed by atoms with E-state index in [0.717, 1.165) is 23.5 Å². The molecule has 0 aromatic heterocycles. The van der Waals surface area contributed by atoms with E-state index < -0.39 is 0 Å². The number of hydrogen-bond donors (Lipinski definition) is 0. The lowest BCUT2D eigenvalue weighted by Crippen LogP contribution is -2.07. The van der Waals surface area contributed by atoms with Gasteiger partial charge in [-0.05, 0) is 44.9 Å². The molecule has 0 fully saturated rings. The zero-order chi connectivity index (χ0) is 12.7. The molecule has 17 heavy (non-hydrogen) atoms. The van der Waals surface area contributed by atoms with Crippen LogP contribution in [0.4, 0.5) is 0 Å². The van der Waals surface area contributed by atoms with Gasteiger partial charge >= 0.3 is 0 Å². The van der Waals surface area contributed by atoms with Gasteiger partial charge in [-0.25, -0.2) is 0 Å². The zero-order valence-electron chi connectivity index (χ0n) is 10.7. The lowest BCUT2D eigenvalue weighted by atomic mass is 10.1. The molecular formula is C14H19NO2. The van der Waals surface area contributed by atoms with Gasteiger partial charge in [0.15, 0.2) is 11.5 Å². The first kappa shape index (κ1) is 13.4. The van der Waals surface area contributed by atoms with Gasteiger partial charge in [-0.1, -0.05) is 6.07 Å². The summed E-state index contributed by atoms with van der Waals surface area (Å²) < 4.78 is 11.2. The number of nitrogens with zero attached hydrogens (tertiary/aromatic N) is 1. The van der Waals surface area contributed by atoms with Gasteiger partial charge in [-0.3, -0.25) is 0 Å². The van der Waals surface area contributed by atoms with Gasteiger partial charge < -0.3 is 9.47 Å². The van der Waals surface area contributed by atoms with Crippen molar-refractivity contribution >= 4 is 0 Å². The Morgan fingerprint density at radius 2 is 2.06 bits per heavy atom. The Morgan fingerprint density at radius 3 is 2.65 bits per heavy atom. The number of rotatable bonds is 6. The molecular weight excluding hydrogens is 214 g/mol. The van der Waals surface area contributed by atoms with Gasteiger partial charge in [0, 0.05) is 6.42 Å². The van der Waals surface area contributed by atoms with E-state index in [0.29, 0.717) is 13.0 Å². The van der Waals surface area contributed by atoms with Crippen molar-refractivity contribution in [3.8, 4) is 17.6 Å². The highest BCUT2D eigenvalue weighted by Gasteiger charge is 2.07. The van der Waals surface area contributed by atoms with E-state index in [4.69, 9.17) is 14.7 Å². The average Bonchev–Trinajstić information content (AvgIpc) is 2.29. The first-order valence-corrected chi connectivity index (χ1v) is 5.96. The molecule has 0 spiro atoms. The Kier molecular flexibility index (Phi) is 5.35. The molecule has 0 radical (unpaired) electrons. The first-order valence-electron chi connectivity index (χ1n) is 5.96. The second kappa shape index (κ2) is 6.80. The van der Waals surface area contributed by atoms with Crippen molar-refractivity contribution in [3.05, 3.63) is 23.8 Å². The van der Waals surface area contributed by atoms with E-state index in [9.17, 15) is 0 Å². The van der Waals surface area contributed by atoms with Crippen molar-refractivity contribution in [3.63, 3.8) is 0 Å². The average molecular weight is 233 g/mol. The van der Waals surface area contributed by atoms with Gasteiger partial charge in [0.25, 0.3) is 0 Å². The van der Waals surface area contributed by atoms with Gasteiger partial charge in [0.2, 0.25) is 0 Å². The summed E-state index contributed by atoms with van der Waals surface area (Å²) >= 11 is 0. The highest BCUT2D eigenvalue weighted by Crippen LogP contribution is 2.29. The Balaban J connectivity index is 2.87. The molecule has 0 aliphatic carbocycles. The third-order valence-corrected chi connectivity index (χ3v) is 2.20. The molecule has 1 aromatic rings. The normalized spacial score (nSPS) is 10.1. The molecule has 1 rings (SSSR count). The minimum absolute atomic E-state index is 0.124. The Morgan fingerprint density at radius 1 is 1.29 bits per heavy atom. The second-order valence-electron chi connectivity index (χ2n) is 4.04. The maximum absolute atomic E-state index is 8.57. The van der Waals surface area contributed by atoms with Crippen LogP contribution >= 0.6 is 0 Å². The zero-order valence-corrected chi connectivity index (χ0v) is 10.7. The molecule has 1 aromatic carbocycles. The van der Waals surface area contributed by atoms with Crippen molar-refractivity contribution in [2.75, 3.05) is 6.61 Å². The van der Waals surface area contributed by atoms with Crippen LogP contribution in [0.2, 0.25) is 0 Å². The van der Waals surface area contributed by atoms with Crippen LogP contribution in [0.15, 0.2) is 18.2 Å². The summed E-state index contributed by atoms with van der Waals surface area (Å²) in [5.74, 6) is 1.53. The molecule has 0 bridgehead atoms. The van der Waals surface area contributed by atoms with Crippen LogP contribution in [0.3, 0.4) is 0 Å². The van der Waals surface area contributed by atoms with Crippen LogP contribution in [0.5, 0.6) is 11.5 Å². The van der Waals surface area contributed by atoms with Crippen molar-refractivity contribution in [1.82, 2.24) is 0 Å². The maximum atomic E-state index is 8.57. The molecule has 0 N–H and O–H groups in total. The number of nitriles is 1. The fraction of sp³-hybridized carbons (Fsp3) is 0.500. The standard InChI is InChI=1S/C14H19NO2/c1-4-16-14-10-12(6-5-9-15)7-8-13(14)17-11(2)3/h7-8,10-11H,4-6H2,1-3H3. The smallest absolute Gasteiger partial charge is 0.161 e. The van der Waals surface area contributed by atoms with Crippen molar-refractivity contribution in [2.45, 2.75) is 39.7 Å². The van der Waals surface area contributed by atoms with Gasteiger partial charge in [0.1, 0.15) is 0 Å². The van der Waals surface area contributed by atoms with Crippen LogP contribution in [0, 0.1) is 11.3 Å². The van der Waals surface area contributed by atoms with Crippen LogP contribution in [-0.2, 0) is 6.42 Å². The van der Waals surface area contributed by atoms with Gasteiger partial charge in [0.05, 0.1) is 18.8 Å². The van der Waals surface area contributed by atoms with Crippen molar-refractivity contribution in [1.29, 1.82) is 5.26 Å². The molecule has 0 heterocycles. The molecule has 0 saturated carbocycles. The summed E-state index contributed by atoms with van der Waals surface area (Å²) in [6, 6.07) is 8.00. The maximum Gasteiger partial charge on any atom is 0.161 e. The summed E-state index contributed by atoms with van der Waals surface area (Å²) in [6.45, 7) is 6.52. The highest BCUT2D eigenvalue weighted by molar-refractivity contribution is 5.43. The van der Waals surface area contributed by atoms with Gasteiger partial charge in [-0.2, -0.15) is 5.26 Å². The van der Waals surface area contributed by atoms with Gasteiger partial charge in [-0.15, -0.1) is 0 Å². The number of ether oxygens (including phenoxy) is 2. The summed E-state index contributed by atoms with van der Waals surface area (Å²) in [6.07, 6.45) is 1.40. The number of benzene rings is 1. The van der Waals surface area contributed by atoms with E-state index in [-0.39, 0.29) is 6.10 Å². The first-order chi connectivity index (χ1) is 8.17. The van der Waals surface area contributed by atoms with E-state index in [1.54, 1.807) is 0 Å². The SMILES string of the molecule is CCOc1cc(CCC#N)ccc1OC(C)C. The lowest BCUT2D eigenvalue weighted by molar-refractivity contribution is 0.223. The molecule has 0 unspecified atom stereocenters. The van der Waals surface area contributed by atoms with E-state index in [2.05, 4.69) is 6.07 Å². The van der Waals surface area contributed by atoms with E-state index >= 15 is 0 Å². The molecule has 92 valence electrons. The van der Waals surface area contributed by atoms with Crippen molar-refractivity contribution in [2.24, 2.45) is 0 Å². The fourth-order valence-corrected chi connectivity index (χ4v) is 1.53. The van der Waals surface area contributed by atoms with Crippen LogP contribution < -0.4 is 9.47 Å². The summed E-state index contributed by atoms with van der Waals surface area (Å²) in [4.78, 5) is 0. The number of aryl methyl sites for hydroxylation is 1. The summed E-state index contributed by atoms with van der Waals surface area (Å²) in [5.41, 5.74) is 1.10.